The fourth-order valence-electron chi connectivity index (χ4n) is 1.96. The number of hydrogen-bond donors (Lipinski definition) is 2. The summed E-state index contributed by atoms with van der Waals surface area (Å²) >= 11 is 5.33. The Hall–Kier alpha value is -0.750. The molecule has 0 amide bonds. The molecule has 0 fully saturated rings. The van der Waals surface area contributed by atoms with Gasteiger partial charge < -0.3 is 0 Å². The molecular formula is C14H18BrN3S. The Labute approximate surface area is 126 Å². The summed E-state index contributed by atoms with van der Waals surface area (Å²) in [5.74, 6) is 5.67. The SMILES string of the molecule is Cc1nc(CC(Cc2ccccc2Br)NN)sc1C. The van der Waals surface area contributed by atoms with Crippen molar-refractivity contribution < 1.29 is 0 Å². The Kier molecular flexibility index (Phi) is 5.10. The van der Waals surface area contributed by atoms with E-state index in [1.54, 1.807) is 11.3 Å². The molecule has 1 unspecified atom stereocenters. The number of nitrogens with two attached hydrogens (primary N) is 1. The van der Waals surface area contributed by atoms with Crippen LogP contribution < -0.4 is 11.3 Å². The maximum atomic E-state index is 5.67. The molecule has 3 N–H and O–H groups in total. The highest BCUT2D eigenvalue weighted by atomic mass is 79.9. The molecule has 0 aliphatic carbocycles. The van der Waals surface area contributed by atoms with Gasteiger partial charge in [0.25, 0.3) is 0 Å². The number of benzene rings is 1. The van der Waals surface area contributed by atoms with Crippen LogP contribution in [0.1, 0.15) is 21.1 Å². The van der Waals surface area contributed by atoms with Gasteiger partial charge in [-0.2, -0.15) is 0 Å². The molecule has 3 nitrogen and oxygen atoms in total. The Morgan fingerprint density at radius 3 is 2.63 bits per heavy atom. The van der Waals surface area contributed by atoms with E-state index >= 15 is 0 Å². The highest BCUT2D eigenvalue weighted by Gasteiger charge is 2.13. The molecule has 0 saturated heterocycles. The number of rotatable bonds is 5. The van der Waals surface area contributed by atoms with Gasteiger partial charge in [0.1, 0.15) is 0 Å². The number of aryl methyl sites for hydroxylation is 2. The van der Waals surface area contributed by atoms with Crippen molar-refractivity contribution >= 4 is 27.3 Å². The van der Waals surface area contributed by atoms with Crippen molar-refractivity contribution in [2.75, 3.05) is 0 Å². The maximum Gasteiger partial charge on any atom is 0.0947 e. The molecule has 5 heteroatoms. The number of nitrogens with zero attached hydrogens (tertiary/aromatic N) is 1. The second-order valence-electron chi connectivity index (χ2n) is 4.61. The van der Waals surface area contributed by atoms with Crippen molar-refractivity contribution in [2.24, 2.45) is 5.84 Å². The first kappa shape index (κ1) is 14.7. The quantitative estimate of drug-likeness (QED) is 0.649. The van der Waals surface area contributed by atoms with Gasteiger partial charge in [0, 0.05) is 21.8 Å². The lowest BCUT2D eigenvalue weighted by atomic mass is 10.0. The van der Waals surface area contributed by atoms with Gasteiger partial charge in [-0.1, -0.05) is 34.1 Å². The molecular weight excluding hydrogens is 322 g/mol. The highest BCUT2D eigenvalue weighted by Crippen LogP contribution is 2.21. The molecule has 1 aromatic heterocycles. The van der Waals surface area contributed by atoms with E-state index in [4.69, 9.17) is 5.84 Å². The summed E-state index contributed by atoms with van der Waals surface area (Å²) in [5.41, 5.74) is 5.28. The third-order valence-corrected chi connectivity index (χ3v) is 5.02. The molecule has 1 atom stereocenters. The predicted molar refractivity (Wildman–Crippen MR) is 84.2 cm³/mol. The van der Waals surface area contributed by atoms with E-state index in [1.807, 2.05) is 19.1 Å². The largest absolute Gasteiger partial charge is 0.271 e. The number of hydrogen-bond acceptors (Lipinski definition) is 4. The standard InChI is InChI=1S/C14H18BrN3S/c1-9-10(2)19-14(17-9)8-12(18-16)7-11-5-3-4-6-13(11)15/h3-6,12,18H,7-8,16H2,1-2H3. The minimum absolute atomic E-state index is 0.198. The Bertz CT molecular complexity index is 534. The number of halogens is 1. The fraction of sp³-hybridized carbons (Fsp3) is 0.357. The first-order valence-electron chi connectivity index (χ1n) is 6.22. The van der Waals surface area contributed by atoms with Crippen molar-refractivity contribution in [1.29, 1.82) is 0 Å². The molecule has 0 saturated carbocycles. The maximum absolute atomic E-state index is 5.67. The van der Waals surface area contributed by atoms with Crippen molar-refractivity contribution in [3.8, 4) is 0 Å². The minimum Gasteiger partial charge on any atom is -0.271 e. The van der Waals surface area contributed by atoms with Crippen molar-refractivity contribution in [3.63, 3.8) is 0 Å². The van der Waals surface area contributed by atoms with Gasteiger partial charge in [-0.05, 0) is 31.9 Å². The fourth-order valence-corrected chi connectivity index (χ4v) is 3.42. The van der Waals surface area contributed by atoms with Crippen LogP contribution in [-0.2, 0) is 12.8 Å². The molecule has 102 valence electrons. The van der Waals surface area contributed by atoms with Crippen molar-refractivity contribution in [3.05, 3.63) is 49.9 Å². The zero-order chi connectivity index (χ0) is 13.8. The molecule has 1 heterocycles. The number of aromatic nitrogens is 1. The first-order chi connectivity index (χ1) is 9.10. The van der Waals surface area contributed by atoms with Crippen LogP contribution in [0.4, 0.5) is 0 Å². The zero-order valence-corrected chi connectivity index (χ0v) is 13.5. The van der Waals surface area contributed by atoms with Crippen LogP contribution in [0.2, 0.25) is 0 Å². The topological polar surface area (TPSA) is 50.9 Å². The molecule has 0 aliphatic rings. The molecule has 0 aliphatic heterocycles. The van der Waals surface area contributed by atoms with E-state index in [9.17, 15) is 0 Å². The van der Waals surface area contributed by atoms with Crippen LogP contribution in [0.5, 0.6) is 0 Å². The molecule has 2 rings (SSSR count). The molecule has 0 radical (unpaired) electrons. The molecule has 19 heavy (non-hydrogen) atoms. The summed E-state index contributed by atoms with van der Waals surface area (Å²) in [5, 5.41) is 1.14. The number of nitrogens with one attached hydrogen (secondary N) is 1. The van der Waals surface area contributed by atoms with E-state index < -0.39 is 0 Å². The lowest BCUT2D eigenvalue weighted by molar-refractivity contribution is 0.520. The lowest BCUT2D eigenvalue weighted by Gasteiger charge is -2.15. The summed E-state index contributed by atoms with van der Waals surface area (Å²) in [7, 11) is 0. The summed E-state index contributed by atoms with van der Waals surface area (Å²) in [6.07, 6.45) is 1.74. The second kappa shape index (κ2) is 6.61. The summed E-state index contributed by atoms with van der Waals surface area (Å²) in [6.45, 7) is 4.16. The van der Waals surface area contributed by atoms with E-state index in [0.717, 1.165) is 28.0 Å². The average Bonchev–Trinajstić information content (AvgIpc) is 2.70. The van der Waals surface area contributed by atoms with Crippen LogP contribution >= 0.6 is 27.3 Å². The number of thiazole rings is 1. The van der Waals surface area contributed by atoms with Crippen LogP contribution in [-0.4, -0.2) is 11.0 Å². The van der Waals surface area contributed by atoms with E-state index in [1.165, 1.54) is 10.4 Å². The third kappa shape index (κ3) is 3.86. The summed E-state index contributed by atoms with van der Waals surface area (Å²) in [6, 6.07) is 8.44. The van der Waals surface area contributed by atoms with Gasteiger partial charge in [-0.3, -0.25) is 11.3 Å². The number of hydrazine groups is 1. The van der Waals surface area contributed by atoms with Crippen molar-refractivity contribution in [2.45, 2.75) is 32.7 Å². The predicted octanol–water partition coefficient (Wildman–Crippen LogP) is 3.14. The summed E-state index contributed by atoms with van der Waals surface area (Å²) < 4.78 is 1.13. The van der Waals surface area contributed by atoms with E-state index in [0.29, 0.717) is 0 Å². The summed E-state index contributed by atoms with van der Waals surface area (Å²) in [4.78, 5) is 5.86. The molecule has 0 spiro atoms. The van der Waals surface area contributed by atoms with Crippen LogP contribution in [0.3, 0.4) is 0 Å². The molecule has 2 aromatic rings. The smallest absolute Gasteiger partial charge is 0.0947 e. The highest BCUT2D eigenvalue weighted by molar-refractivity contribution is 9.10. The first-order valence-corrected chi connectivity index (χ1v) is 7.83. The van der Waals surface area contributed by atoms with Crippen LogP contribution in [0.25, 0.3) is 0 Å². The van der Waals surface area contributed by atoms with Gasteiger partial charge in [0.05, 0.1) is 10.7 Å². The van der Waals surface area contributed by atoms with E-state index in [-0.39, 0.29) is 6.04 Å². The van der Waals surface area contributed by atoms with Gasteiger partial charge in [0.15, 0.2) is 0 Å². The molecule has 1 aromatic carbocycles. The molecule has 0 bridgehead atoms. The lowest BCUT2D eigenvalue weighted by Crippen LogP contribution is -2.38. The minimum atomic E-state index is 0.198. The monoisotopic (exact) mass is 339 g/mol. The Morgan fingerprint density at radius 2 is 2.05 bits per heavy atom. The second-order valence-corrected chi connectivity index (χ2v) is 6.75. The van der Waals surface area contributed by atoms with Crippen LogP contribution in [0, 0.1) is 13.8 Å². The van der Waals surface area contributed by atoms with Gasteiger partial charge >= 0.3 is 0 Å². The normalized spacial score (nSPS) is 12.6. The third-order valence-electron chi connectivity index (χ3n) is 3.15. The van der Waals surface area contributed by atoms with Crippen LogP contribution in [0.15, 0.2) is 28.7 Å². The van der Waals surface area contributed by atoms with Gasteiger partial charge in [-0.15, -0.1) is 11.3 Å². The van der Waals surface area contributed by atoms with Gasteiger partial charge in [-0.25, -0.2) is 4.98 Å². The zero-order valence-electron chi connectivity index (χ0n) is 11.1. The Balaban J connectivity index is 2.07. The van der Waals surface area contributed by atoms with Crippen molar-refractivity contribution in [1.82, 2.24) is 10.4 Å². The average molecular weight is 340 g/mol. The van der Waals surface area contributed by atoms with E-state index in [2.05, 4.69) is 45.4 Å². The Morgan fingerprint density at radius 1 is 1.32 bits per heavy atom. The van der Waals surface area contributed by atoms with Gasteiger partial charge in [0.2, 0.25) is 0 Å².